The summed E-state index contributed by atoms with van der Waals surface area (Å²) in [5.74, 6) is 0.174. The Morgan fingerprint density at radius 1 is 1.26 bits per heavy atom. The van der Waals surface area contributed by atoms with Crippen LogP contribution in [0.3, 0.4) is 0 Å². The number of sulfonamides is 1. The van der Waals surface area contributed by atoms with Crippen molar-refractivity contribution in [2.45, 2.75) is 44.2 Å². The van der Waals surface area contributed by atoms with Crippen LogP contribution in [0.1, 0.15) is 32.6 Å². The van der Waals surface area contributed by atoms with Crippen LogP contribution >= 0.6 is 0 Å². The van der Waals surface area contributed by atoms with E-state index in [0.29, 0.717) is 13.0 Å². The topological polar surface area (TPSA) is 58.6 Å². The first kappa shape index (κ1) is 16.7. The molecule has 2 heterocycles. The third kappa shape index (κ3) is 3.54. The molecule has 0 bridgehead atoms. The van der Waals surface area contributed by atoms with Gasteiger partial charge < -0.3 is 10.1 Å². The Bertz CT molecular complexity index is 612. The number of hydrogen-bond acceptors (Lipinski definition) is 4. The average Bonchev–Trinajstić information content (AvgIpc) is 2.92. The second-order valence-corrected chi connectivity index (χ2v) is 8.51. The predicted molar refractivity (Wildman–Crippen MR) is 92.2 cm³/mol. The summed E-state index contributed by atoms with van der Waals surface area (Å²) < 4.78 is 33.4. The molecule has 0 amide bonds. The highest BCUT2D eigenvalue weighted by Gasteiger charge is 2.45. The molecule has 2 aliphatic heterocycles. The van der Waals surface area contributed by atoms with E-state index in [-0.39, 0.29) is 17.4 Å². The van der Waals surface area contributed by atoms with E-state index in [1.807, 2.05) is 37.3 Å². The molecule has 6 heteroatoms. The number of anilines is 1. The molecule has 1 unspecified atom stereocenters. The van der Waals surface area contributed by atoms with Crippen LogP contribution in [0.15, 0.2) is 30.3 Å². The molecule has 128 valence electrons. The Hall–Kier alpha value is -1.11. The molecule has 3 rings (SSSR count). The molecule has 1 N–H and O–H groups in total. The summed E-state index contributed by atoms with van der Waals surface area (Å²) in [6.45, 7) is 4.28. The van der Waals surface area contributed by atoms with Crippen LogP contribution < -0.4 is 9.62 Å². The fourth-order valence-electron chi connectivity index (χ4n) is 3.73. The lowest BCUT2D eigenvalue weighted by Crippen LogP contribution is -2.45. The normalized spacial score (nSPS) is 24.0. The SMILES string of the molecule is CCCS(=O)(=O)N(c1ccccc1)C1COC2(CCNCC2)C1. The number of nitrogens with one attached hydrogen (secondary N) is 1. The zero-order chi connectivity index (χ0) is 16.3. The maximum Gasteiger partial charge on any atom is 0.235 e. The van der Waals surface area contributed by atoms with Gasteiger partial charge in [-0.05, 0) is 44.5 Å². The number of piperidine rings is 1. The van der Waals surface area contributed by atoms with Crippen LogP contribution in [0.4, 0.5) is 5.69 Å². The molecule has 0 aromatic heterocycles. The number of ether oxygens (including phenoxy) is 1. The minimum Gasteiger partial charge on any atom is -0.373 e. The molecule has 5 nitrogen and oxygen atoms in total. The first-order valence-electron chi connectivity index (χ1n) is 8.48. The Kier molecular flexibility index (Phi) is 4.94. The Morgan fingerprint density at radius 2 is 1.96 bits per heavy atom. The highest BCUT2D eigenvalue weighted by Crippen LogP contribution is 2.38. The second kappa shape index (κ2) is 6.79. The summed E-state index contributed by atoms with van der Waals surface area (Å²) in [4.78, 5) is 0. The zero-order valence-corrected chi connectivity index (χ0v) is 14.5. The highest BCUT2D eigenvalue weighted by atomic mass is 32.2. The van der Waals surface area contributed by atoms with Gasteiger partial charge in [-0.25, -0.2) is 8.42 Å². The predicted octanol–water partition coefficient (Wildman–Crippen LogP) is 2.14. The smallest absolute Gasteiger partial charge is 0.235 e. The minimum absolute atomic E-state index is 0.105. The van der Waals surface area contributed by atoms with Gasteiger partial charge in [0.05, 0.1) is 29.7 Å². The van der Waals surface area contributed by atoms with Crippen molar-refractivity contribution in [2.24, 2.45) is 0 Å². The van der Waals surface area contributed by atoms with Crippen LogP contribution in [-0.2, 0) is 14.8 Å². The lowest BCUT2D eigenvalue weighted by atomic mass is 9.88. The van der Waals surface area contributed by atoms with E-state index in [2.05, 4.69) is 5.32 Å². The standard InChI is InChI=1S/C17H26N2O3S/c1-2-12-23(20,21)19(15-6-4-3-5-7-15)16-13-17(22-14-16)8-10-18-11-9-17/h3-7,16,18H,2,8-14H2,1H3. The van der Waals surface area contributed by atoms with E-state index in [1.54, 1.807) is 4.31 Å². The molecule has 1 spiro atoms. The highest BCUT2D eigenvalue weighted by molar-refractivity contribution is 7.92. The van der Waals surface area contributed by atoms with Crippen LogP contribution in [0.25, 0.3) is 0 Å². The van der Waals surface area contributed by atoms with E-state index in [0.717, 1.165) is 38.0 Å². The Morgan fingerprint density at radius 3 is 2.61 bits per heavy atom. The van der Waals surface area contributed by atoms with Crippen LogP contribution in [-0.4, -0.2) is 45.5 Å². The first-order chi connectivity index (χ1) is 11.1. The maximum atomic E-state index is 12.8. The van der Waals surface area contributed by atoms with Crippen LogP contribution in [0.2, 0.25) is 0 Å². The van der Waals surface area contributed by atoms with Crippen molar-refractivity contribution in [3.05, 3.63) is 30.3 Å². The van der Waals surface area contributed by atoms with E-state index in [4.69, 9.17) is 4.74 Å². The maximum absolute atomic E-state index is 12.8. The van der Waals surface area contributed by atoms with E-state index in [9.17, 15) is 8.42 Å². The van der Waals surface area contributed by atoms with Gasteiger partial charge in [0.2, 0.25) is 10.0 Å². The molecule has 23 heavy (non-hydrogen) atoms. The Labute approximate surface area is 139 Å². The van der Waals surface area contributed by atoms with Gasteiger partial charge >= 0.3 is 0 Å². The summed E-state index contributed by atoms with van der Waals surface area (Å²) in [6.07, 6.45) is 3.32. The lowest BCUT2D eigenvalue weighted by Gasteiger charge is -2.34. The third-order valence-electron chi connectivity index (χ3n) is 4.81. The summed E-state index contributed by atoms with van der Waals surface area (Å²) in [7, 11) is -3.33. The monoisotopic (exact) mass is 338 g/mol. The molecule has 0 saturated carbocycles. The van der Waals surface area contributed by atoms with E-state index < -0.39 is 10.0 Å². The van der Waals surface area contributed by atoms with Gasteiger partial charge in [0.25, 0.3) is 0 Å². The molecule has 1 aromatic carbocycles. The van der Waals surface area contributed by atoms with Gasteiger partial charge in [-0.2, -0.15) is 0 Å². The first-order valence-corrected chi connectivity index (χ1v) is 10.1. The Balaban J connectivity index is 1.88. The third-order valence-corrected chi connectivity index (χ3v) is 6.84. The number of para-hydroxylation sites is 1. The molecule has 2 fully saturated rings. The van der Waals surface area contributed by atoms with Crippen LogP contribution in [0, 0.1) is 0 Å². The molecule has 0 radical (unpaired) electrons. The number of rotatable bonds is 5. The van der Waals surface area contributed by atoms with Gasteiger partial charge in [-0.15, -0.1) is 0 Å². The van der Waals surface area contributed by atoms with Crippen LogP contribution in [0.5, 0.6) is 0 Å². The van der Waals surface area contributed by atoms with E-state index >= 15 is 0 Å². The molecular formula is C17H26N2O3S. The van der Waals surface area contributed by atoms with Crippen molar-refractivity contribution in [1.82, 2.24) is 5.32 Å². The van der Waals surface area contributed by atoms with Crippen molar-refractivity contribution in [3.63, 3.8) is 0 Å². The van der Waals surface area contributed by atoms with Crippen molar-refractivity contribution in [2.75, 3.05) is 29.8 Å². The van der Waals surface area contributed by atoms with Crippen molar-refractivity contribution in [3.8, 4) is 0 Å². The summed E-state index contributed by atoms with van der Waals surface area (Å²) >= 11 is 0. The van der Waals surface area contributed by atoms with Crippen molar-refractivity contribution >= 4 is 15.7 Å². The number of nitrogens with zero attached hydrogens (tertiary/aromatic N) is 1. The molecule has 1 atom stereocenters. The van der Waals surface area contributed by atoms with Gasteiger partial charge in [0.15, 0.2) is 0 Å². The minimum atomic E-state index is -3.33. The second-order valence-electron chi connectivity index (χ2n) is 6.55. The van der Waals surface area contributed by atoms with Crippen molar-refractivity contribution < 1.29 is 13.2 Å². The molecular weight excluding hydrogens is 312 g/mol. The zero-order valence-electron chi connectivity index (χ0n) is 13.7. The lowest BCUT2D eigenvalue weighted by molar-refractivity contribution is -0.0192. The summed E-state index contributed by atoms with van der Waals surface area (Å²) in [6, 6.07) is 9.33. The fraction of sp³-hybridized carbons (Fsp3) is 0.647. The fourth-order valence-corrected chi connectivity index (χ4v) is 5.48. The van der Waals surface area contributed by atoms with Gasteiger partial charge in [-0.3, -0.25) is 4.31 Å². The van der Waals surface area contributed by atoms with Gasteiger partial charge in [0.1, 0.15) is 0 Å². The largest absolute Gasteiger partial charge is 0.373 e. The quantitative estimate of drug-likeness (QED) is 0.894. The van der Waals surface area contributed by atoms with Gasteiger partial charge in [-0.1, -0.05) is 25.1 Å². The molecule has 1 aromatic rings. The molecule has 2 saturated heterocycles. The summed E-state index contributed by atoms with van der Waals surface area (Å²) in [5, 5.41) is 3.35. The average molecular weight is 338 g/mol. The van der Waals surface area contributed by atoms with Gasteiger partial charge in [0, 0.05) is 6.42 Å². The summed E-state index contributed by atoms with van der Waals surface area (Å²) in [5.41, 5.74) is 0.602. The molecule has 2 aliphatic rings. The number of hydrogen-bond donors (Lipinski definition) is 1. The van der Waals surface area contributed by atoms with E-state index in [1.165, 1.54) is 0 Å². The van der Waals surface area contributed by atoms with Crippen molar-refractivity contribution in [1.29, 1.82) is 0 Å². The number of benzene rings is 1. The molecule has 0 aliphatic carbocycles.